The van der Waals surface area contributed by atoms with Crippen molar-refractivity contribution in [2.45, 2.75) is 38.0 Å². The first kappa shape index (κ1) is 23.4. The molecule has 1 saturated carbocycles. The molecule has 1 amide bonds. The molecule has 3 aromatic heterocycles. The van der Waals surface area contributed by atoms with Crippen molar-refractivity contribution >= 4 is 34.9 Å². The number of aliphatic hydroxyl groups excluding tert-OH is 1. The van der Waals surface area contributed by atoms with Crippen molar-refractivity contribution in [2.24, 2.45) is 5.92 Å². The third-order valence-electron chi connectivity index (χ3n) is 4.97. The highest BCUT2D eigenvalue weighted by Crippen LogP contribution is 2.35. The monoisotopic (exact) mass is 486 g/mol. The van der Waals surface area contributed by atoms with Gasteiger partial charge in [0.05, 0.1) is 35.6 Å². The Bertz CT molecular complexity index is 1090. The minimum atomic E-state index is -0.469. The Hall–Kier alpha value is -2.76. The molecule has 174 valence electrons. The van der Waals surface area contributed by atoms with Crippen LogP contribution in [-0.4, -0.2) is 49.4 Å². The van der Waals surface area contributed by atoms with E-state index in [0.717, 1.165) is 5.69 Å². The molecule has 0 saturated heterocycles. The summed E-state index contributed by atoms with van der Waals surface area (Å²) >= 11 is 2.92. The van der Waals surface area contributed by atoms with Crippen molar-refractivity contribution in [3.63, 3.8) is 0 Å². The molecule has 2 atom stereocenters. The van der Waals surface area contributed by atoms with E-state index in [0.29, 0.717) is 39.0 Å². The van der Waals surface area contributed by atoms with E-state index < -0.39 is 6.04 Å². The summed E-state index contributed by atoms with van der Waals surface area (Å²) in [6, 6.07) is 3.34. The van der Waals surface area contributed by atoms with Gasteiger partial charge in [0, 0.05) is 35.9 Å². The molecule has 0 aliphatic heterocycles. The lowest BCUT2D eigenvalue weighted by Gasteiger charge is -2.23. The highest BCUT2D eigenvalue weighted by Gasteiger charge is 2.26. The number of aliphatic hydroxyl groups is 1. The van der Waals surface area contributed by atoms with Gasteiger partial charge in [0.1, 0.15) is 5.69 Å². The van der Waals surface area contributed by atoms with E-state index >= 15 is 0 Å². The van der Waals surface area contributed by atoms with Crippen LogP contribution in [0, 0.1) is 5.92 Å². The maximum absolute atomic E-state index is 13.0. The molecule has 3 heterocycles. The van der Waals surface area contributed by atoms with Crippen LogP contribution in [0.5, 0.6) is 5.88 Å². The fraction of sp³-hybridized carbons (Fsp3) is 0.409. The third kappa shape index (κ3) is 6.18. The maximum Gasteiger partial charge on any atom is 0.280 e. The molecule has 0 bridgehead atoms. The summed E-state index contributed by atoms with van der Waals surface area (Å²) in [6.45, 7) is 4.14. The molecule has 9 nitrogen and oxygen atoms in total. The lowest BCUT2D eigenvalue weighted by Crippen LogP contribution is -2.34. The Morgan fingerprint density at radius 2 is 2.18 bits per heavy atom. The van der Waals surface area contributed by atoms with Gasteiger partial charge < -0.3 is 19.9 Å². The number of amides is 1. The predicted molar refractivity (Wildman–Crippen MR) is 129 cm³/mol. The van der Waals surface area contributed by atoms with Crippen molar-refractivity contribution in [1.82, 2.24) is 25.3 Å². The van der Waals surface area contributed by atoms with Crippen LogP contribution in [0.25, 0.3) is 10.6 Å². The van der Waals surface area contributed by atoms with E-state index in [4.69, 9.17) is 4.74 Å². The highest BCUT2D eigenvalue weighted by atomic mass is 32.2. The first-order valence-electron chi connectivity index (χ1n) is 10.8. The van der Waals surface area contributed by atoms with Gasteiger partial charge in [-0.2, -0.15) is 0 Å². The number of hydrogen-bond donors (Lipinski definition) is 3. The Morgan fingerprint density at radius 1 is 1.33 bits per heavy atom. The van der Waals surface area contributed by atoms with E-state index in [1.165, 1.54) is 24.2 Å². The summed E-state index contributed by atoms with van der Waals surface area (Å²) in [4.78, 5) is 31.0. The highest BCUT2D eigenvalue weighted by molar-refractivity contribution is 8.01. The van der Waals surface area contributed by atoms with Crippen LogP contribution in [0.4, 0.5) is 5.69 Å². The van der Waals surface area contributed by atoms with Crippen molar-refractivity contribution in [3.8, 4) is 16.5 Å². The minimum Gasteiger partial charge on any atom is -0.477 e. The Kier molecular flexibility index (Phi) is 7.73. The second-order valence-corrected chi connectivity index (χ2v) is 9.84. The van der Waals surface area contributed by atoms with Gasteiger partial charge >= 0.3 is 0 Å². The third-order valence-corrected chi connectivity index (χ3v) is 7.15. The van der Waals surface area contributed by atoms with Gasteiger partial charge in [0.25, 0.3) is 5.91 Å². The molecule has 0 aromatic carbocycles. The summed E-state index contributed by atoms with van der Waals surface area (Å²) in [6.07, 6.45) is 8.92. The van der Waals surface area contributed by atoms with Gasteiger partial charge in [-0.1, -0.05) is 6.92 Å². The van der Waals surface area contributed by atoms with E-state index in [1.807, 2.05) is 26.0 Å². The zero-order valence-corrected chi connectivity index (χ0v) is 20.0. The zero-order valence-electron chi connectivity index (χ0n) is 18.4. The SMILES string of the molecule is CCOc1cncc(-c2cnc(C(=O)NC(c3cc(NSC4CC4)ccn3)C(C)CO)s2)n1. The van der Waals surface area contributed by atoms with Gasteiger partial charge in [-0.25, -0.2) is 9.97 Å². The van der Waals surface area contributed by atoms with Gasteiger partial charge in [-0.05, 0) is 43.8 Å². The van der Waals surface area contributed by atoms with Crippen molar-refractivity contribution < 1.29 is 14.6 Å². The fourth-order valence-corrected chi connectivity index (χ4v) is 4.59. The topological polar surface area (TPSA) is 122 Å². The van der Waals surface area contributed by atoms with Crippen LogP contribution in [-0.2, 0) is 0 Å². The molecule has 33 heavy (non-hydrogen) atoms. The lowest BCUT2D eigenvalue weighted by atomic mass is 9.99. The van der Waals surface area contributed by atoms with Gasteiger partial charge in [-0.15, -0.1) is 11.3 Å². The molecule has 0 radical (unpaired) electrons. The molecular weight excluding hydrogens is 460 g/mol. The number of anilines is 1. The van der Waals surface area contributed by atoms with Crippen LogP contribution in [0.3, 0.4) is 0 Å². The molecule has 1 aliphatic carbocycles. The molecule has 2 unspecified atom stereocenters. The Morgan fingerprint density at radius 3 is 2.94 bits per heavy atom. The van der Waals surface area contributed by atoms with Crippen LogP contribution in [0.1, 0.15) is 48.2 Å². The molecular formula is C22H26N6O3S2. The summed E-state index contributed by atoms with van der Waals surface area (Å²) in [5.41, 5.74) is 2.19. The average molecular weight is 487 g/mol. The maximum atomic E-state index is 13.0. The smallest absolute Gasteiger partial charge is 0.280 e. The van der Waals surface area contributed by atoms with Crippen LogP contribution >= 0.6 is 23.3 Å². The Balaban J connectivity index is 1.49. The fourth-order valence-electron chi connectivity index (χ4n) is 3.02. The molecule has 1 aliphatic rings. The van der Waals surface area contributed by atoms with E-state index in [9.17, 15) is 9.90 Å². The molecule has 0 spiro atoms. The molecule has 3 N–H and O–H groups in total. The van der Waals surface area contributed by atoms with Crippen molar-refractivity contribution in [3.05, 3.63) is 47.6 Å². The number of thiazole rings is 1. The largest absolute Gasteiger partial charge is 0.477 e. The summed E-state index contributed by atoms with van der Waals surface area (Å²) < 4.78 is 8.75. The number of rotatable bonds is 11. The number of pyridine rings is 1. The summed E-state index contributed by atoms with van der Waals surface area (Å²) in [5, 5.41) is 13.7. The van der Waals surface area contributed by atoms with Crippen molar-refractivity contribution in [1.29, 1.82) is 0 Å². The standard InChI is InChI=1S/C22H26N6O3S2/c1-3-31-19-11-23-9-17(26-19)18-10-25-22(32-18)21(30)27-20(13(2)12-29)16-8-14(6-7-24-16)28-33-15-4-5-15/h6-11,13,15,20,29H,3-5,12H2,1-2H3,(H,24,28)(H,27,30). The second kappa shape index (κ2) is 10.9. The first-order valence-corrected chi connectivity index (χ1v) is 12.5. The summed E-state index contributed by atoms with van der Waals surface area (Å²) in [5.74, 6) is -0.149. The zero-order chi connectivity index (χ0) is 23.2. The molecule has 11 heteroatoms. The number of nitrogens with zero attached hydrogens (tertiary/aromatic N) is 4. The van der Waals surface area contributed by atoms with E-state index in [2.05, 4.69) is 30.0 Å². The van der Waals surface area contributed by atoms with E-state index in [-0.39, 0.29) is 18.4 Å². The molecule has 4 rings (SSSR count). The van der Waals surface area contributed by atoms with Crippen LogP contribution < -0.4 is 14.8 Å². The van der Waals surface area contributed by atoms with Crippen LogP contribution in [0.15, 0.2) is 36.9 Å². The average Bonchev–Trinajstić information content (AvgIpc) is 3.54. The number of carbonyl (C=O) groups is 1. The first-order chi connectivity index (χ1) is 16.1. The van der Waals surface area contributed by atoms with Gasteiger partial charge in [0.15, 0.2) is 5.01 Å². The second-order valence-electron chi connectivity index (χ2n) is 7.70. The lowest BCUT2D eigenvalue weighted by molar-refractivity contribution is 0.0906. The molecule has 1 fully saturated rings. The van der Waals surface area contributed by atoms with Gasteiger partial charge in [-0.3, -0.25) is 14.8 Å². The number of ether oxygens (including phenoxy) is 1. The number of hydrogen-bond acceptors (Lipinski definition) is 10. The Labute approximate surface area is 200 Å². The normalized spacial score (nSPS) is 15.0. The predicted octanol–water partition coefficient (Wildman–Crippen LogP) is 3.72. The number of carbonyl (C=O) groups excluding carboxylic acids is 1. The summed E-state index contributed by atoms with van der Waals surface area (Å²) in [7, 11) is 0. The number of aromatic nitrogens is 4. The quantitative estimate of drug-likeness (QED) is 0.348. The number of nitrogens with one attached hydrogen (secondary N) is 2. The van der Waals surface area contributed by atoms with Gasteiger partial charge in [0.2, 0.25) is 5.88 Å². The van der Waals surface area contributed by atoms with Crippen molar-refractivity contribution in [2.75, 3.05) is 17.9 Å². The van der Waals surface area contributed by atoms with E-state index in [1.54, 1.807) is 36.7 Å². The van der Waals surface area contributed by atoms with Crippen LogP contribution in [0.2, 0.25) is 0 Å². The minimum absolute atomic E-state index is 0.0932. The molecule has 3 aromatic rings.